The van der Waals surface area contributed by atoms with Gasteiger partial charge in [0.25, 0.3) is 0 Å². The van der Waals surface area contributed by atoms with Gasteiger partial charge in [-0.2, -0.15) is 4.99 Å². The lowest BCUT2D eigenvalue weighted by molar-refractivity contribution is -0.118. The minimum atomic E-state index is -0.0857. The van der Waals surface area contributed by atoms with Crippen LogP contribution in [0.3, 0.4) is 0 Å². The van der Waals surface area contributed by atoms with Crippen molar-refractivity contribution in [3.05, 3.63) is 28.6 Å². The van der Waals surface area contributed by atoms with Crippen LogP contribution in [0.5, 0.6) is 0 Å². The summed E-state index contributed by atoms with van der Waals surface area (Å²) in [6.45, 7) is 4.45. The Morgan fingerprint density at radius 1 is 1.53 bits per heavy atom. The van der Waals surface area contributed by atoms with E-state index in [1.165, 1.54) is 11.3 Å². The average molecular weight is 272 g/mol. The van der Waals surface area contributed by atoms with Crippen molar-refractivity contribution < 1.29 is 4.79 Å². The zero-order valence-corrected chi connectivity index (χ0v) is 12.0. The molecule has 4 heteroatoms. The Hall–Kier alpha value is -1.86. The monoisotopic (exact) mass is 272 g/mol. The molecule has 2 aromatic rings. The lowest BCUT2D eigenvalue weighted by atomic mass is 10.2. The molecule has 0 saturated heterocycles. The molecule has 0 aliphatic carbocycles. The van der Waals surface area contributed by atoms with E-state index in [0.29, 0.717) is 17.8 Å². The van der Waals surface area contributed by atoms with Crippen LogP contribution in [0.1, 0.15) is 25.3 Å². The van der Waals surface area contributed by atoms with Crippen LogP contribution < -0.4 is 4.80 Å². The normalized spacial score (nSPS) is 11.7. The van der Waals surface area contributed by atoms with Gasteiger partial charge in [-0.1, -0.05) is 36.3 Å². The van der Waals surface area contributed by atoms with Crippen LogP contribution in [0.15, 0.2) is 23.2 Å². The highest BCUT2D eigenvalue weighted by atomic mass is 32.1. The summed E-state index contributed by atoms with van der Waals surface area (Å²) in [7, 11) is 0. The third-order valence-corrected chi connectivity index (χ3v) is 3.88. The van der Waals surface area contributed by atoms with E-state index in [1.807, 2.05) is 36.6 Å². The molecule has 1 amide bonds. The number of carbonyl (C=O) groups is 1. The first kappa shape index (κ1) is 13.6. The van der Waals surface area contributed by atoms with Gasteiger partial charge >= 0.3 is 0 Å². The predicted molar refractivity (Wildman–Crippen MR) is 78.9 cm³/mol. The number of carbonyl (C=O) groups excluding carboxylic acids is 1. The van der Waals surface area contributed by atoms with E-state index in [9.17, 15) is 4.79 Å². The number of aromatic nitrogens is 1. The van der Waals surface area contributed by atoms with E-state index in [-0.39, 0.29) is 5.91 Å². The van der Waals surface area contributed by atoms with Gasteiger partial charge in [0.2, 0.25) is 5.91 Å². The molecule has 0 radical (unpaired) electrons. The zero-order valence-electron chi connectivity index (χ0n) is 11.1. The van der Waals surface area contributed by atoms with Gasteiger partial charge in [0.1, 0.15) is 0 Å². The number of amides is 1. The van der Waals surface area contributed by atoms with Crippen LogP contribution in [0.25, 0.3) is 10.2 Å². The van der Waals surface area contributed by atoms with Crippen molar-refractivity contribution in [2.75, 3.05) is 0 Å². The maximum Gasteiger partial charge on any atom is 0.248 e. The number of nitrogens with zero attached hydrogens (tertiary/aromatic N) is 2. The number of hydrogen-bond acceptors (Lipinski definition) is 2. The number of hydrogen-bond donors (Lipinski definition) is 0. The number of fused-ring (bicyclic) bond motifs is 1. The van der Waals surface area contributed by atoms with Gasteiger partial charge in [0, 0.05) is 6.42 Å². The van der Waals surface area contributed by atoms with Crippen molar-refractivity contribution in [2.24, 2.45) is 4.99 Å². The Kier molecular flexibility index (Phi) is 4.18. The van der Waals surface area contributed by atoms with Crippen molar-refractivity contribution in [1.29, 1.82) is 0 Å². The topological polar surface area (TPSA) is 34.4 Å². The van der Waals surface area contributed by atoms with E-state index in [0.717, 1.165) is 22.2 Å². The molecule has 0 saturated carbocycles. The quantitative estimate of drug-likeness (QED) is 0.791. The molecule has 19 heavy (non-hydrogen) atoms. The molecule has 1 aromatic heterocycles. The molecule has 0 fully saturated rings. The fourth-order valence-electron chi connectivity index (χ4n) is 2.01. The van der Waals surface area contributed by atoms with Gasteiger partial charge in [0.05, 0.1) is 16.8 Å². The van der Waals surface area contributed by atoms with Crippen LogP contribution in [-0.4, -0.2) is 10.5 Å². The number of terminal acetylenes is 1. The van der Waals surface area contributed by atoms with Gasteiger partial charge in [-0.25, -0.2) is 0 Å². The molecule has 1 aromatic carbocycles. The van der Waals surface area contributed by atoms with Crippen molar-refractivity contribution in [3.63, 3.8) is 0 Å². The molecule has 0 aliphatic rings. The van der Waals surface area contributed by atoms with Gasteiger partial charge in [-0.3, -0.25) is 4.79 Å². The Balaban J connectivity index is 2.68. The van der Waals surface area contributed by atoms with Crippen molar-refractivity contribution in [3.8, 4) is 12.3 Å². The fraction of sp³-hybridized carbons (Fsp3) is 0.333. The standard InChI is InChI=1S/C15H16N2OS/c1-4-7-13(18)16-15-17(10-5-2)14-11(3)8-6-9-12(14)19-15/h2,6,8-9H,4,7,10H2,1,3H3. The zero-order chi connectivity index (χ0) is 13.8. The fourth-order valence-corrected chi connectivity index (χ4v) is 3.13. The van der Waals surface area contributed by atoms with Crippen molar-refractivity contribution >= 4 is 27.5 Å². The Labute approximate surface area is 116 Å². The number of rotatable bonds is 3. The molecular formula is C15H16N2OS. The first-order valence-electron chi connectivity index (χ1n) is 6.27. The SMILES string of the molecule is C#CCn1c(=NC(=O)CCC)sc2cccc(C)c21. The van der Waals surface area contributed by atoms with Gasteiger partial charge in [-0.05, 0) is 25.0 Å². The second kappa shape index (κ2) is 5.85. The summed E-state index contributed by atoms with van der Waals surface area (Å²) < 4.78 is 3.06. The third-order valence-electron chi connectivity index (χ3n) is 2.84. The maximum atomic E-state index is 11.7. The summed E-state index contributed by atoms with van der Waals surface area (Å²) in [5.74, 6) is 2.55. The molecule has 3 nitrogen and oxygen atoms in total. The highest BCUT2D eigenvalue weighted by Gasteiger charge is 2.08. The van der Waals surface area contributed by atoms with E-state index < -0.39 is 0 Å². The van der Waals surface area contributed by atoms with E-state index in [2.05, 4.69) is 10.9 Å². The predicted octanol–water partition coefficient (Wildman–Crippen LogP) is 2.87. The minimum Gasteiger partial charge on any atom is -0.304 e. The first-order valence-corrected chi connectivity index (χ1v) is 7.09. The highest BCUT2D eigenvalue weighted by molar-refractivity contribution is 7.16. The summed E-state index contributed by atoms with van der Waals surface area (Å²) in [6, 6.07) is 6.08. The third kappa shape index (κ3) is 2.77. The Bertz CT molecular complexity index is 716. The van der Waals surface area contributed by atoms with Crippen molar-refractivity contribution in [2.45, 2.75) is 33.2 Å². The van der Waals surface area contributed by atoms with Crippen LogP contribution in [0, 0.1) is 19.3 Å². The highest BCUT2D eigenvalue weighted by Crippen LogP contribution is 2.20. The summed E-state index contributed by atoms with van der Waals surface area (Å²) in [5.41, 5.74) is 2.22. The molecule has 0 bridgehead atoms. The van der Waals surface area contributed by atoms with Gasteiger partial charge in [-0.15, -0.1) is 6.42 Å². The minimum absolute atomic E-state index is 0.0857. The first-order chi connectivity index (χ1) is 9.17. The molecule has 2 rings (SSSR count). The number of aryl methyl sites for hydroxylation is 1. The lowest BCUT2D eigenvalue weighted by Gasteiger charge is -2.02. The Morgan fingerprint density at radius 2 is 2.32 bits per heavy atom. The van der Waals surface area contributed by atoms with Crippen LogP contribution in [-0.2, 0) is 11.3 Å². The van der Waals surface area contributed by atoms with Crippen molar-refractivity contribution in [1.82, 2.24) is 4.57 Å². The summed E-state index contributed by atoms with van der Waals surface area (Å²) in [6.07, 6.45) is 6.71. The van der Waals surface area contributed by atoms with E-state index in [1.54, 1.807) is 0 Å². The molecule has 0 aliphatic heterocycles. The molecule has 0 unspecified atom stereocenters. The molecule has 0 N–H and O–H groups in total. The molecule has 98 valence electrons. The van der Waals surface area contributed by atoms with E-state index in [4.69, 9.17) is 6.42 Å². The molecule has 0 atom stereocenters. The largest absolute Gasteiger partial charge is 0.304 e. The maximum absolute atomic E-state index is 11.7. The van der Waals surface area contributed by atoms with Gasteiger partial charge in [0.15, 0.2) is 4.80 Å². The lowest BCUT2D eigenvalue weighted by Crippen LogP contribution is -2.16. The van der Waals surface area contributed by atoms with E-state index >= 15 is 0 Å². The number of benzene rings is 1. The number of thiazole rings is 1. The van der Waals surface area contributed by atoms with Crippen LogP contribution in [0.2, 0.25) is 0 Å². The summed E-state index contributed by atoms with van der Waals surface area (Å²) in [4.78, 5) is 16.6. The molecule has 0 spiro atoms. The van der Waals surface area contributed by atoms with Crippen LogP contribution in [0.4, 0.5) is 0 Å². The smallest absolute Gasteiger partial charge is 0.248 e. The second-order valence-corrected chi connectivity index (χ2v) is 5.36. The average Bonchev–Trinajstić information content (AvgIpc) is 2.69. The Morgan fingerprint density at radius 3 is 3.00 bits per heavy atom. The summed E-state index contributed by atoms with van der Waals surface area (Å²) >= 11 is 1.51. The number of para-hydroxylation sites is 1. The second-order valence-electron chi connectivity index (χ2n) is 4.35. The summed E-state index contributed by atoms with van der Waals surface area (Å²) in [5, 5.41) is 0. The van der Waals surface area contributed by atoms with Gasteiger partial charge < -0.3 is 4.57 Å². The molecular weight excluding hydrogens is 256 g/mol. The molecule has 1 heterocycles. The van der Waals surface area contributed by atoms with Crippen LogP contribution >= 0.6 is 11.3 Å².